The molecule has 2 heterocycles. The van der Waals surface area contributed by atoms with Crippen LogP contribution in [0.5, 0.6) is 11.6 Å². The van der Waals surface area contributed by atoms with Gasteiger partial charge in [-0.3, -0.25) is 4.79 Å². The monoisotopic (exact) mass is 303 g/mol. The minimum absolute atomic E-state index is 0.0342. The third-order valence-electron chi connectivity index (χ3n) is 3.50. The average molecular weight is 303 g/mol. The molecule has 0 saturated heterocycles. The summed E-state index contributed by atoms with van der Waals surface area (Å²) in [6.45, 7) is 2.84. The number of benzene rings is 1. The molecule has 1 aromatic heterocycles. The summed E-state index contributed by atoms with van der Waals surface area (Å²) in [5.41, 5.74) is 1.65. The van der Waals surface area contributed by atoms with Gasteiger partial charge in [-0.2, -0.15) is 0 Å². The van der Waals surface area contributed by atoms with Gasteiger partial charge in [0.25, 0.3) is 5.88 Å². The molecule has 0 saturated carbocycles. The van der Waals surface area contributed by atoms with Crippen molar-refractivity contribution < 1.29 is 18.9 Å². The Labute approximate surface area is 127 Å². The molecular weight excluding hydrogens is 286 g/mol. The minimum atomic E-state index is -0.176. The summed E-state index contributed by atoms with van der Waals surface area (Å²) in [6, 6.07) is 7.78. The van der Waals surface area contributed by atoms with Crippen LogP contribution in [-0.2, 0) is 11.2 Å². The van der Waals surface area contributed by atoms with E-state index in [1.54, 1.807) is 6.92 Å². The number of hydrogen-bond acceptors (Lipinski definition) is 6. The maximum atomic E-state index is 12.1. The molecule has 1 aromatic carbocycles. The summed E-state index contributed by atoms with van der Waals surface area (Å²) < 4.78 is 15.5. The van der Waals surface area contributed by atoms with Gasteiger partial charge in [-0.25, -0.2) is 4.63 Å². The van der Waals surface area contributed by atoms with E-state index >= 15 is 0 Å². The van der Waals surface area contributed by atoms with Gasteiger partial charge in [0.05, 0.1) is 12.5 Å². The smallest absolute Gasteiger partial charge is 0.278 e. The number of para-hydroxylation sites is 1. The number of carbonyl (C=O) groups excluding carboxylic acids is 1. The summed E-state index contributed by atoms with van der Waals surface area (Å²) in [4.78, 5) is 12.1. The van der Waals surface area contributed by atoms with Crippen molar-refractivity contribution in [3.8, 4) is 11.6 Å². The number of nitrogens with one attached hydrogen (secondary N) is 1. The highest BCUT2D eigenvalue weighted by atomic mass is 16.6. The highest BCUT2D eigenvalue weighted by Gasteiger charge is 2.25. The van der Waals surface area contributed by atoms with Crippen LogP contribution in [0.3, 0.4) is 0 Å². The molecular formula is C15H17N3O4. The Balaban J connectivity index is 1.44. The first kappa shape index (κ1) is 14.4. The van der Waals surface area contributed by atoms with Crippen LogP contribution >= 0.6 is 0 Å². The molecule has 1 amide bonds. The van der Waals surface area contributed by atoms with Gasteiger partial charge < -0.3 is 14.8 Å². The van der Waals surface area contributed by atoms with E-state index in [1.165, 1.54) is 0 Å². The van der Waals surface area contributed by atoms with Gasteiger partial charge in [0, 0.05) is 0 Å². The molecule has 1 aliphatic heterocycles. The number of fused-ring (bicyclic) bond motifs is 1. The largest absolute Gasteiger partial charge is 0.492 e. The van der Waals surface area contributed by atoms with E-state index in [4.69, 9.17) is 9.47 Å². The first-order valence-electron chi connectivity index (χ1n) is 7.14. The highest BCUT2D eigenvalue weighted by Crippen LogP contribution is 2.26. The van der Waals surface area contributed by atoms with E-state index in [0.717, 1.165) is 11.3 Å². The van der Waals surface area contributed by atoms with E-state index < -0.39 is 0 Å². The number of carbonyl (C=O) groups is 1. The lowest BCUT2D eigenvalue weighted by Gasteiger charge is -2.24. The fraction of sp³-hybridized carbons (Fsp3) is 0.400. The molecule has 0 bridgehead atoms. The Kier molecular flexibility index (Phi) is 4.22. The van der Waals surface area contributed by atoms with Crippen molar-refractivity contribution in [2.75, 3.05) is 19.8 Å². The highest BCUT2D eigenvalue weighted by molar-refractivity contribution is 5.79. The second kappa shape index (κ2) is 6.46. The van der Waals surface area contributed by atoms with Crippen molar-refractivity contribution in [2.24, 2.45) is 5.92 Å². The van der Waals surface area contributed by atoms with Crippen LogP contribution in [0.15, 0.2) is 28.9 Å². The second-order valence-electron chi connectivity index (χ2n) is 5.11. The number of rotatable bonds is 5. The van der Waals surface area contributed by atoms with E-state index in [0.29, 0.717) is 37.8 Å². The molecule has 0 aliphatic carbocycles. The number of hydrogen-bond donors (Lipinski definition) is 1. The molecule has 7 nitrogen and oxygen atoms in total. The molecule has 2 aromatic rings. The maximum Gasteiger partial charge on any atom is 0.278 e. The molecule has 1 N–H and O–H groups in total. The van der Waals surface area contributed by atoms with Crippen molar-refractivity contribution in [3.05, 3.63) is 35.5 Å². The fourth-order valence-electron chi connectivity index (χ4n) is 2.32. The molecule has 7 heteroatoms. The van der Waals surface area contributed by atoms with Crippen LogP contribution in [0.4, 0.5) is 0 Å². The molecule has 1 aliphatic rings. The van der Waals surface area contributed by atoms with Crippen molar-refractivity contribution in [1.29, 1.82) is 0 Å². The lowest BCUT2D eigenvalue weighted by Crippen LogP contribution is -2.39. The lowest BCUT2D eigenvalue weighted by atomic mass is 9.96. The predicted molar refractivity (Wildman–Crippen MR) is 76.7 cm³/mol. The van der Waals surface area contributed by atoms with Crippen LogP contribution in [0.25, 0.3) is 0 Å². The minimum Gasteiger partial charge on any atom is -0.492 e. The molecule has 0 spiro atoms. The first-order chi connectivity index (χ1) is 10.7. The van der Waals surface area contributed by atoms with Gasteiger partial charge in [0.1, 0.15) is 24.7 Å². The predicted octanol–water partition coefficient (Wildman–Crippen LogP) is 1.12. The zero-order chi connectivity index (χ0) is 15.4. The third kappa shape index (κ3) is 3.19. The van der Waals surface area contributed by atoms with Gasteiger partial charge in [-0.05, 0) is 30.1 Å². The molecule has 0 fully saturated rings. The lowest BCUT2D eigenvalue weighted by molar-refractivity contribution is -0.126. The van der Waals surface area contributed by atoms with Crippen LogP contribution in [0, 0.1) is 12.8 Å². The van der Waals surface area contributed by atoms with Crippen LogP contribution in [0.1, 0.15) is 11.3 Å². The number of aryl methyl sites for hydroxylation is 1. The average Bonchev–Trinajstić information content (AvgIpc) is 2.96. The summed E-state index contributed by atoms with van der Waals surface area (Å²) in [6.07, 6.45) is 0.690. The Hall–Kier alpha value is -2.57. The second-order valence-corrected chi connectivity index (χ2v) is 5.11. The first-order valence-corrected chi connectivity index (χ1v) is 7.14. The molecule has 0 unspecified atom stereocenters. The number of aromatic nitrogens is 2. The molecule has 22 heavy (non-hydrogen) atoms. The van der Waals surface area contributed by atoms with Gasteiger partial charge in [-0.1, -0.05) is 23.4 Å². The van der Waals surface area contributed by atoms with Crippen molar-refractivity contribution >= 4 is 5.91 Å². The van der Waals surface area contributed by atoms with E-state index in [-0.39, 0.29) is 11.8 Å². The fourth-order valence-corrected chi connectivity index (χ4v) is 2.32. The van der Waals surface area contributed by atoms with Gasteiger partial charge >= 0.3 is 0 Å². The van der Waals surface area contributed by atoms with Gasteiger partial charge in [0.2, 0.25) is 5.91 Å². The van der Waals surface area contributed by atoms with Crippen molar-refractivity contribution in [3.63, 3.8) is 0 Å². The van der Waals surface area contributed by atoms with Crippen LogP contribution in [-0.4, -0.2) is 36.0 Å². The third-order valence-corrected chi connectivity index (χ3v) is 3.50. The van der Waals surface area contributed by atoms with Crippen molar-refractivity contribution in [2.45, 2.75) is 13.3 Å². The zero-order valence-corrected chi connectivity index (χ0v) is 12.2. The van der Waals surface area contributed by atoms with Crippen LogP contribution < -0.4 is 14.8 Å². The Morgan fingerprint density at radius 2 is 2.27 bits per heavy atom. The van der Waals surface area contributed by atoms with E-state index in [1.807, 2.05) is 24.3 Å². The SMILES string of the molecule is Cc1nonc1OCCNC(=O)[C@@H]1COc2ccccc2C1. The Morgan fingerprint density at radius 1 is 1.41 bits per heavy atom. The van der Waals surface area contributed by atoms with Gasteiger partial charge in [-0.15, -0.1) is 0 Å². The summed E-state index contributed by atoms with van der Waals surface area (Å²) in [5, 5.41) is 10.1. The Bertz CT molecular complexity index is 656. The molecule has 116 valence electrons. The number of amides is 1. The number of nitrogens with zero attached hydrogens (tertiary/aromatic N) is 2. The quantitative estimate of drug-likeness (QED) is 0.833. The molecule has 3 rings (SSSR count). The molecule has 1 atom stereocenters. The topological polar surface area (TPSA) is 86.5 Å². The zero-order valence-electron chi connectivity index (χ0n) is 12.2. The van der Waals surface area contributed by atoms with Crippen molar-refractivity contribution in [1.82, 2.24) is 15.6 Å². The van der Waals surface area contributed by atoms with E-state index in [2.05, 4.69) is 20.3 Å². The van der Waals surface area contributed by atoms with Crippen LogP contribution in [0.2, 0.25) is 0 Å². The standard InChI is InChI=1S/C15H17N3O4/c1-10-15(18-22-17-10)20-7-6-16-14(19)12-8-11-4-2-3-5-13(11)21-9-12/h2-5,12H,6-9H2,1H3,(H,16,19)/t12-/m0/s1. The summed E-state index contributed by atoms with van der Waals surface area (Å²) in [5.74, 6) is 1.01. The number of ether oxygens (including phenoxy) is 2. The molecule has 0 radical (unpaired) electrons. The normalized spacial score (nSPS) is 16.5. The maximum absolute atomic E-state index is 12.1. The van der Waals surface area contributed by atoms with Gasteiger partial charge in [0.15, 0.2) is 0 Å². The summed E-state index contributed by atoms with van der Waals surface area (Å²) in [7, 11) is 0. The summed E-state index contributed by atoms with van der Waals surface area (Å²) >= 11 is 0. The van der Waals surface area contributed by atoms with E-state index in [9.17, 15) is 4.79 Å². The Morgan fingerprint density at radius 3 is 3.09 bits per heavy atom.